The molecule has 0 fully saturated rings. The molecule has 0 aliphatic rings. The molecule has 2 aromatic heterocycles. The number of hydrogen-bond donors (Lipinski definition) is 2. The molecule has 0 saturated carbocycles. The molecule has 0 aliphatic heterocycles. The Hall–Kier alpha value is -4.16. The Morgan fingerprint density at radius 1 is 0.789 bits per heavy atom. The molecule has 38 heavy (non-hydrogen) atoms. The smallest absolute Gasteiger partial charge is 0.270 e. The number of carbonyl (C=O) groups is 2. The Labute approximate surface area is 224 Å². The van der Waals surface area contributed by atoms with E-state index < -0.39 is 11.0 Å². The van der Waals surface area contributed by atoms with Crippen LogP contribution in [0.5, 0.6) is 0 Å². The summed E-state index contributed by atoms with van der Waals surface area (Å²) < 4.78 is 0. The molecule has 0 radical (unpaired) electrons. The van der Waals surface area contributed by atoms with E-state index in [4.69, 9.17) is 0 Å². The molecular weight excluding hydrogens is 472 g/mol. The van der Waals surface area contributed by atoms with Gasteiger partial charge in [-0.3, -0.25) is 19.6 Å². The number of rotatable bonds is 12. The van der Waals surface area contributed by atoms with Gasteiger partial charge in [0.2, 0.25) is 0 Å². The van der Waals surface area contributed by atoms with Crippen molar-refractivity contribution in [1.29, 1.82) is 0 Å². The molecular formula is C32H34N4O2. The zero-order valence-corrected chi connectivity index (χ0v) is 21.9. The molecule has 6 heteroatoms. The van der Waals surface area contributed by atoms with E-state index in [1.165, 1.54) is 0 Å². The number of nitrogens with one attached hydrogen (secondary N) is 2. The zero-order chi connectivity index (χ0) is 26.8. The summed E-state index contributed by atoms with van der Waals surface area (Å²) >= 11 is 0. The summed E-state index contributed by atoms with van der Waals surface area (Å²) in [5.74, 6) is -0.341. The Balaban J connectivity index is 1.78. The van der Waals surface area contributed by atoms with Crippen molar-refractivity contribution in [3.05, 3.63) is 132 Å². The van der Waals surface area contributed by atoms with Crippen LogP contribution in [0, 0.1) is 0 Å². The number of benzene rings is 2. The normalized spacial score (nSPS) is 14.2. The van der Waals surface area contributed by atoms with Crippen molar-refractivity contribution in [2.45, 2.75) is 44.2 Å². The Bertz CT molecular complexity index is 1320. The standard InChI is InChI=1S/C32H34N4O2/c1-3-31(2,36-30(38)28-19-11-13-22-35-28)32(26-16-8-5-9-17-26,29(37)25-14-6-4-7-15-25)20-23-33-24-27-18-10-12-21-34-27/h4-19,21-22,33H,3,20,23-24H2,1-2H3,(H,36,38). The van der Waals surface area contributed by atoms with E-state index in [1.807, 2.05) is 92.7 Å². The van der Waals surface area contributed by atoms with Crippen LogP contribution in [0.2, 0.25) is 0 Å². The van der Waals surface area contributed by atoms with Gasteiger partial charge in [0.25, 0.3) is 5.91 Å². The van der Waals surface area contributed by atoms with E-state index in [0.717, 1.165) is 11.3 Å². The second-order valence-electron chi connectivity index (χ2n) is 9.57. The molecule has 0 bridgehead atoms. The summed E-state index contributed by atoms with van der Waals surface area (Å²) in [5.41, 5.74) is 0.713. The van der Waals surface area contributed by atoms with Crippen LogP contribution in [0.1, 0.15) is 58.8 Å². The molecule has 6 nitrogen and oxygen atoms in total. The highest BCUT2D eigenvalue weighted by Crippen LogP contribution is 2.43. The van der Waals surface area contributed by atoms with E-state index in [0.29, 0.717) is 37.2 Å². The largest absolute Gasteiger partial charge is 0.344 e. The molecule has 2 aromatic carbocycles. The molecule has 2 heterocycles. The fourth-order valence-electron chi connectivity index (χ4n) is 5.10. The maximum atomic E-state index is 14.6. The van der Waals surface area contributed by atoms with Crippen LogP contribution in [0.4, 0.5) is 0 Å². The molecule has 2 atom stereocenters. The van der Waals surface area contributed by atoms with Gasteiger partial charge in [-0.05, 0) is 56.1 Å². The summed E-state index contributed by atoms with van der Waals surface area (Å²) in [7, 11) is 0. The van der Waals surface area contributed by atoms with Crippen molar-refractivity contribution in [1.82, 2.24) is 20.6 Å². The highest BCUT2D eigenvalue weighted by Gasteiger charge is 2.54. The number of ketones is 1. The molecule has 0 spiro atoms. The van der Waals surface area contributed by atoms with Gasteiger partial charge in [-0.1, -0.05) is 79.7 Å². The lowest BCUT2D eigenvalue weighted by Crippen LogP contribution is -2.64. The van der Waals surface area contributed by atoms with E-state index in [1.54, 1.807) is 30.6 Å². The minimum Gasteiger partial charge on any atom is -0.344 e. The summed E-state index contributed by atoms with van der Waals surface area (Å²) in [6.07, 6.45) is 4.36. The van der Waals surface area contributed by atoms with Gasteiger partial charge >= 0.3 is 0 Å². The van der Waals surface area contributed by atoms with Crippen LogP contribution in [0.15, 0.2) is 109 Å². The molecule has 4 rings (SSSR count). The Morgan fingerprint density at radius 3 is 2.03 bits per heavy atom. The highest BCUT2D eigenvalue weighted by molar-refractivity contribution is 6.06. The molecule has 194 valence electrons. The summed E-state index contributed by atoms with van der Waals surface area (Å²) in [6, 6.07) is 30.2. The fraction of sp³-hybridized carbons (Fsp3) is 0.250. The van der Waals surface area contributed by atoms with Crippen LogP contribution in [0.3, 0.4) is 0 Å². The number of aromatic nitrogens is 2. The third-order valence-corrected chi connectivity index (χ3v) is 7.34. The van der Waals surface area contributed by atoms with Crippen LogP contribution in [0.25, 0.3) is 0 Å². The highest BCUT2D eigenvalue weighted by atomic mass is 16.2. The number of nitrogens with zero attached hydrogens (tertiary/aromatic N) is 2. The van der Waals surface area contributed by atoms with E-state index in [-0.39, 0.29) is 11.7 Å². The van der Waals surface area contributed by atoms with E-state index in [9.17, 15) is 9.59 Å². The molecule has 0 aliphatic carbocycles. The molecule has 2 unspecified atom stereocenters. The first-order valence-corrected chi connectivity index (χ1v) is 13.0. The van der Waals surface area contributed by atoms with Gasteiger partial charge in [0.05, 0.1) is 16.6 Å². The summed E-state index contributed by atoms with van der Waals surface area (Å²) in [4.78, 5) is 36.8. The quantitative estimate of drug-likeness (QED) is 0.199. The van der Waals surface area contributed by atoms with Crippen molar-refractivity contribution < 1.29 is 9.59 Å². The molecule has 4 aromatic rings. The average molecular weight is 507 g/mol. The van der Waals surface area contributed by atoms with Crippen molar-refractivity contribution in [3.63, 3.8) is 0 Å². The fourth-order valence-corrected chi connectivity index (χ4v) is 5.10. The molecule has 1 amide bonds. The van der Waals surface area contributed by atoms with E-state index in [2.05, 4.69) is 20.6 Å². The monoisotopic (exact) mass is 506 g/mol. The van der Waals surface area contributed by atoms with Gasteiger partial charge in [0.15, 0.2) is 5.78 Å². The lowest BCUT2D eigenvalue weighted by molar-refractivity contribution is 0.0665. The minimum absolute atomic E-state index is 0.0328. The zero-order valence-electron chi connectivity index (χ0n) is 21.9. The van der Waals surface area contributed by atoms with Gasteiger partial charge in [-0.25, -0.2) is 0 Å². The first-order chi connectivity index (χ1) is 18.5. The SMILES string of the molecule is CCC(C)(NC(=O)c1ccccn1)C(CCNCc1ccccn1)(C(=O)c1ccccc1)c1ccccc1. The number of hydrogen-bond acceptors (Lipinski definition) is 5. The third-order valence-electron chi connectivity index (χ3n) is 7.34. The predicted octanol–water partition coefficient (Wildman–Crippen LogP) is 5.38. The van der Waals surface area contributed by atoms with Crippen molar-refractivity contribution in [3.8, 4) is 0 Å². The topological polar surface area (TPSA) is 84.0 Å². The maximum Gasteiger partial charge on any atom is 0.270 e. The number of pyridine rings is 2. The van der Waals surface area contributed by atoms with Gasteiger partial charge in [0.1, 0.15) is 5.69 Å². The average Bonchev–Trinajstić information content (AvgIpc) is 2.98. The molecule has 0 saturated heterocycles. The number of Topliss-reactive ketones (excluding diaryl/α,β-unsaturated/α-hetero) is 1. The number of carbonyl (C=O) groups excluding carboxylic acids is 2. The van der Waals surface area contributed by atoms with Gasteiger partial charge in [-0.15, -0.1) is 0 Å². The van der Waals surface area contributed by atoms with Gasteiger partial charge < -0.3 is 10.6 Å². The summed E-state index contributed by atoms with van der Waals surface area (Å²) in [5, 5.41) is 6.72. The lowest BCUT2D eigenvalue weighted by Gasteiger charge is -2.48. The van der Waals surface area contributed by atoms with Crippen molar-refractivity contribution >= 4 is 11.7 Å². The second-order valence-corrected chi connectivity index (χ2v) is 9.57. The van der Waals surface area contributed by atoms with Gasteiger partial charge in [-0.2, -0.15) is 0 Å². The summed E-state index contributed by atoms with van der Waals surface area (Å²) in [6.45, 7) is 5.10. The van der Waals surface area contributed by atoms with Crippen molar-refractivity contribution in [2.75, 3.05) is 6.54 Å². The lowest BCUT2D eigenvalue weighted by atomic mass is 9.59. The second kappa shape index (κ2) is 12.4. The van der Waals surface area contributed by atoms with Crippen LogP contribution in [-0.4, -0.2) is 33.7 Å². The van der Waals surface area contributed by atoms with Crippen LogP contribution >= 0.6 is 0 Å². The Kier molecular flexibility index (Phi) is 8.77. The molecule has 2 N–H and O–H groups in total. The van der Waals surface area contributed by atoms with E-state index >= 15 is 0 Å². The Morgan fingerprint density at radius 2 is 1.42 bits per heavy atom. The van der Waals surface area contributed by atoms with Crippen LogP contribution in [-0.2, 0) is 12.0 Å². The predicted molar refractivity (Wildman–Crippen MR) is 150 cm³/mol. The first-order valence-electron chi connectivity index (χ1n) is 13.0. The third kappa shape index (κ3) is 5.71. The maximum absolute atomic E-state index is 14.6. The van der Waals surface area contributed by atoms with Gasteiger partial charge in [0, 0.05) is 24.5 Å². The minimum atomic E-state index is -1.06. The van der Waals surface area contributed by atoms with Crippen molar-refractivity contribution in [2.24, 2.45) is 0 Å². The van der Waals surface area contributed by atoms with Crippen LogP contribution < -0.4 is 10.6 Å². The number of amides is 1. The first kappa shape index (κ1) is 26.9.